The predicted molar refractivity (Wildman–Crippen MR) is 71.8 cm³/mol. The fraction of sp³-hybridized carbons (Fsp3) is 0.231. The number of nitrogens with zero attached hydrogens (tertiary/aromatic N) is 1. The van der Waals surface area contributed by atoms with Crippen molar-refractivity contribution in [1.82, 2.24) is 9.97 Å². The Hall–Kier alpha value is -1.75. The van der Waals surface area contributed by atoms with Crippen LogP contribution in [0.4, 0.5) is 0 Å². The zero-order chi connectivity index (χ0) is 13.0. The number of carbonyl (C=O) groups excluding carboxylic acids is 1. The van der Waals surface area contributed by atoms with E-state index in [2.05, 4.69) is 9.97 Å². The number of H-pyrrole nitrogens is 1. The fourth-order valence-corrected chi connectivity index (χ4v) is 2.28. The Morgan fingerprint density at radius 1 is 1.39 bits per heavy atom. The Labute approximate surface area is 110 Å². The second-order valence-electron chi connectivity index (χ2n) is 3.56. The van der Waals surface area contributed by atoms with Crippen molar-refractivity contribution in [1.29, 1.82) is 0 Å². The van der Waals surface area contributed by atoms with Crippen molar-refractivity contribution in [3.05, 3.63) is 36.0 Å². The largest absolute Gasteiger partial charge is 0.464 e. The smallest absolute Gasteiger partial charge is 0.357 e. The summed E-state index contributed by atoms with van der Waals surface area (Å²) in [5.74, 6) is 1.15. The number of hydrogen-bond donors (Lipinski definition) is 1. The number of thioether (sulfide) groups is 1. The molecule has 1 heterocycles. The van der Waals surface area contributed by atoms with Gasteiger partial charge in [0.2, 0.25) is 0 Å². The summed E-state index contributed by atoms with van der Waals surface area (Å²) in [7, 11) is 1.37. The van der Waals surface area contributed by atoms with Crippen LogP contribution in [0.1, 0.15) is 17.4 Å². The van der Waals surface area contributed by atoms with Crippen LogP contribution in [-0.2, 0) is 4.74 Å². The average molecular weight is 262 g/mol. The van der Waals surface area contributed by atoms with Gasteiger partial charge in [0, 0.05) is 5.56 Å². The van der Waals surface area contributed by atoms with Crippen LogP contribution in [-0.4, -0.2) is 28.8 Å². The molecule has 0 atom stereocenters. The summed E-state index contributed by atoms with van der Waals surface area (Å²) >= 11 is 1.52. The molecule has 0 unspecified atom stereocenters. The molecule has 5 heteroatoms. The van der Waals surface area contributed by atoms with Gasteiger partial charge in [0.1, 0.15) is 10.9 Å². The van der Waals surface area contributed by atoms with Crippen LogP contribution >= 0.6 is 11.8 Å². The average Bonchev–Trinajstić information content (AvgIpc) is 2.83. The highest BCUT2D eigenvalue weighted by Crippen LogP contribution is 2.25. The molecule has 0 radical (unpaired) electrons. The van der Waals surface area contributed by atoms with E-state index in [-0.39, 0.29) is 5.97 Å². The number of aromatic amines is 1. The Morgan fingerprint density at radius 2 is 2.11 bits per heavy atom. The number of carbonyl (C=O) groups is 1. The van der Waals surface area contributed by atoms with Crippen LogP contribution in [0.25, 0.3) is 11.4 Å². The topological polar surface area (TPSA) is 55.0 Å². The van der Waals surface area contributed by atoms with Crippen LogP contribution in [0, 0.1) is 0 Å². The van der Waals surface area contributed by atoms with E-state index in [1.807, 2.05) is 37.3 Å². The molecule has 1 N–H and O–H groups in total. The SMILES string of the molecule is CCSc1nc(-c2ccccc2)[nH]c1C(=O)OC. The summed E-state index contributed by atoms with van der Waals surface area (Å²) in [6, 6.07) is 9.69. The maximum atomic E-state index is 11.6. The third-order valence-electron chi connectivity index (χ3n) is 2.39. The molecule has 94 valence electrons. The molecule has 1 aromatic heterocycles. The molecule has 0 amide bonds. The predicted octanol–water partition coefficient (Wildman–Crippen LogP) is 2.98. The Balaban J connectivity index is 2.42. The molecule has 2 rings (SSSR count). The van der Waals surface area contributed by atoms with E-state index in [1.54, 1.807) is 0 Å². The minimum absolute atomic E-state index is 0.388. The monoisotopic (exact) mass is 262 g/mol. The molecule has 0 saturated carbocycles. The Morgan fingerprint density at radius 3 is 2.72 bits per heavy atom. The minimum atomic E-state index is -0.388. The molecule has 18 heavy (non-hydrogen) atoms. The van der Waals surface area contributed by atoms with Gasteiger partial charge < -0.3 is 9.72 Å². The summed E-state index contributed by atoms with van der Waals surface area (Å²) in [5.41, 5.74) is 1.37. The molecule has 0 bridgehead atoms. The summed E-state index contributed by atoms with van der Waals surface area (Å²) in [5, 5.41) is 0.684. The van der Waals surface area contributed by atoms with Crippen LogP contribution in [0.15, 0.2) is 35.4 Å². The van der Waals surface area contributed by atoms with E-state index in [1.165, 1.54) is 18.9 Å². The number of methoxy groups -OCH3 is 1. The van der Waals surface area contributed by atoms with Crippen LogP contribution in [0.5, 0.6) is 0 Å². The number of ether oxygens (including phenoxy) is 1. The Kier molecular flexibility index (Phi) is 4.04. The van der Waals surface area contributed by atoms with Crippen molar-refractivity contribution in [2.75, 3.05) is 12.9 Å². The maximum Gasteiger partial charge on any atom is 0.357 e. The van der Waals surface area contributed by atoms with Gasteiger partial charge in [0.25, 0.3) is 0 Å². The molecular weight excluding hydrogens is 248 g/mol. The first-order valence-electron chi connectivity index (χ1n) is 5.62. The van der Waals surface area contributed by atoms with Gasteiger partial charge in [-0.2, -0.15) is 0 Å². The molecule has 0 saturated heterocycles. The lowest BCUT2D eigenvalue weighted by Crippen LogP contribution is -2.03. The third kappa shape index (κ3) is 2.56. The zero-order valence-electron chi connectivity index (χ0n) is 10.3. The number of nitrogens with one attached hydrogen (secondary N) is 1. The van der Waals surface area contributed by atoms with E-state index in [9.17, 15) is 4.79 Å². The van der Waals surface area contributed by atoms with Crippen molar-refractivity contribution >= 4 is 17.7 Å². The van der Waals surface area contributed by atoms with Crippen molar-refractivity contribution in [3.63, 3.8) is 0 Å². The van der Waals surface area contributed by atoms with E-state index in [0.717, 1.165) is 11.3 Å². The first kappa shape index (κ1) is 12.7. The molecule has 1 aromatic carbocycles. The second kappa shape index (κ2) is 5.73. The van der Waals surface area contributed by atoms with Crippen molar-refractivity contribution in [2.45, 2.75) is 11.9 Å². The molecule has 4 nitrogen and oxygen atoms in total. The molecule has 0 aliphatic rings. The molecule has 0 spiro atoms. The van der Waals surface area contributed by atoms with Crippen LogP contribution in [0.3, 0.4) is 0 Å². The summed E-state index contributed by atoms with van der Waals surface area (Å²) in [4.78, 5) is 19.1. The van der Waals surface area contributed by atoms with Gasteiger partial charge in [-0.05, 0) is 5.75 Å². The van der Waals surface area contributed by atoms with E-state index >= 15 is 0 Å². The first-order valence-corrected chi connectivity index (χ1v) is 6.61. The zero-order valence-corrected chi connectivity index (χ0v) is 11.1. The lowest BCUT2D eigenvalue weighted by molar-refractivity contribution is 0.0590. The molecule has 2 aromatic rings. The number of aromatic nitrogens is 2. The minimum Gasteiger partial charge on any atom is -0.464 e. The van der Waals surface area contributed by atoms with Crippen molar-refractivity contribution < 1.29 is 9.53 Å². The summed E-state index contributed by atoms with van der Waals surface area (Å²) in [6.07, 6.45) is 0. The number of rotatable bonds is 4. The molecule has 0 fully saturated rings. The summed E-state index contributed by atoms with van der Waals surface area (Å²) in [6.45, 7) is 2.02. The highest BCUT2D eigenvalue weighted by Gasteiger charge is 2.18. The van der Waals surface area contributed by atoms with Gasteiger partial charge in [-0.25, -0.2) is 9.78 Å². The molecule has 0 aliphatic heterocycles. The standard InChI is InChI=1S/C13H14N2O2S/c1-3-18-12-10(13(16)17-2)14-11(15-12)9-7-5-4-6-8-9/h4-8H,3H2,1-2H3,(H,14,15). The molecule has 0 aliphatic carbocycles. The normalized spacial score (nSPS) is 10.3. The van der Waals surface area contributed by atoms with Gasteiger partial charge in [-0.3, -0.25) is 0 Å². The summed E-state index contributed by atoms with van der Waals surface area (Å²) < 4.78 is 4.75. The number of benzene rings is 1. The third-order valence-corrected chi connectivity index (χ3v) is 3.25. The van der Waals surface area contributed by atoms with E-state index in [0.29, 0.717) is 16.5 Å². The highest BCUT2D eigenvalue weighted by molar-refractivity contribution is 7.99. The number of hydrogen-bond acceptors (Lipinski definition) is 4. The van der Waals surface area contributed by atoms with Crippen LogP contribution in [0.2, 0.25) is 0 Å². The number of imidazole rings is 1. The van der Waals surface area contributed by atoms with Gasteiger partial charge in [0.05, 0.1) is 7.11 Å². The van der Waals surface area contributed by atoms with Crippen molar-refractivity contribution in [2.24, 2.45) is 0 Å². The maximum absolute atomic E-state index is 11.6. The van der Waals surface area contributed by atoms with Crippen molar-refractivity contribution in [3.8, 4) is 11.4 Å². The molecular formula is C13H14N2O2S. The lowest BCUT2D eigenvalue weighted by Gasteiger charge is -1.97. The van der Waals surface area contributed by atoms with Crippen LogP contribution < -0.4 is 0 Å². The fourth-order valence-electron chi connectivity index (χ4n) is 1.57. The highest BCUT2D eigenvalue weighted by atomic mass is 32.2. The van der Waals surface area contributed by atoms with Gasteiger partial charge in [-0.1, -0.05) is 37.3 Å². The van der Waals surface area contributed by atoms with E-state index in [4.69, 9.17) is 4.74 Å². The van der Waals surface area contributed by atoms with Gasteiger partial charge in [-0.15, -0.1) is 11.8 Å². The quantitative estimate of drug-likeness (QED) is 0.680. The second-order valence-corrected chi connectivity index (χ2v) is 4.81. The first-order chi connectivity index (χ1) is 8.76. The van der Waals surface area contributed by atoms with Gasteiger partial charge >= 0.3 is 5.97 Å². The van der Waals surface area contributed by atoms with E-state index < -0.39 is 0 Å². The number of esters is 1. The Bertz CT molecular complexity index is 537. The lowest BCUT2D eigenvalue weighted by atomic mass is 10.2. The van der Waals surface area contributed by atoms with Gasteiger partial charge in [0.15, 0.2) is 5.69 Å².